The molecule has 7 saturated heterocycles. The number of nitrogens with one attached hydrogen (secondary N) is 2. The topological polar surface area (TPSA) is 422 Å². The Bertz CT molecular complexity index is 3830. The number of hydrogen-bond donors (Lipinski definition) is 6. The number of aliphatic hydroxyl groups excluding tert-OH is 3. The number of carboxylic acids is 1. The normalized spacial score (nSPS) is 22.3. The van der Waals surface area contributed by atoms with E-state index in [1.807, 2.05) is 192 Å². The zero-order chi connectivity index (χ0) is 110. The van der Waals surface area contributed by atoms with E-state index in [0.29, 0.717) is 91.4 Å². The van der Waals surface area contributed by atoms with E-state index in [0.717, 1.165) is 69.6 Å². The summed E-state index contributed by atoms with van der Waals surface area (Å²) in [6.45, 7) is 82.4. The predicted octanol–water partition coefficient (Wildman–Crippen LogP) is 13.4. The summed E-state index contributed by atoms with van der Waals surface area (Å²) in [4.78, 5) is 115. The first-order chi connectivity index (χ1) is 65.2. The van der Waals surface area contributed by atoms with E-state index >= 15 is 0 Å². The van der Waals surface area contributed by atoms with Crippen LogP contribution in [0.1, 0.15) is 319 Å². The van der Waals surface area contributed by atoms with Crippen molar-refractivity contribution in [3.05, 3.63) is 82.4 Å². The molecule has 0 aromatic heterocycles. The van der Waals surface area contributed by atoms with E-state index in [9.17, 15) is 53.4 Å². The van der Waals surface area contributed by atoms with Gasteiger partial charge in [-0.05, 0) is 305 Å². The molecule has 0 spiro atoms. The SMILES string of the molecule is C=CCBr.C=CCC(O)C[C@H]1COC(C)(C)N1C(=O)OC(C)(C)C.C=CCOC(CC=C)C[C@H]1COC(C)(C)N1C(=O)OC(C)(C)C.C=C[CH2-].CC(C)(C)OC(=O)N1[C@@H](CC2CC=CCO2)COC1(C)C.CC(C)(C)OC(=O)N1[C@@H](CC=O)COC1(C)C.CC(C)(C)OC(=O)N1[C@@H](CCO)COC1(C)C.CC(C)(C)OC(=O)N[C@@H](CC1CCCCO1)C(=O)O.CC(C)(C)OC(=O)N[C@H](CO)CC1CCCCO1.[Br-].[H-].[Mg+2].[Na+]. The first-order valence-electron chi connectivity index (χ1n) is 49.6. The number of rotatable bonds is 26. The molecule has 40 heteroatoms. The molecule has 8 aliphatic rings. The fourth-order valence-electron chi connectivity index (χ4n) is 15.4. The Hall–Kier alpha value is -5.41. The average molecular weight is 2220 g/mol. The number of aldehydes is 1. The van der Waals surface area contributed by atoms with Gasteiger partial charge in [0.25, 0.3) is 0 Å². The van der Waals surface area contributed by atoms with E-state index in [1.165, 1.54) is 11.0 Å². The van der Waals surface area contributed by atoms with Crippen LogP contribution in [-0.4, -0.2) is 342 Å². The number of alkyl carbamates (subject to hydrolysis) is 2. The van der Waals surface area contributed by atoms with Gasteiger partial charge in [0, 0.05) is 38.0 Å². The molecule has 0 aromatic rings. The molecular formula is C105H188Br2MgN7NaO29. The number of carbonyl (C=O) groups is 9. The van der Waals surface area contributed by atoms with Crippen molar-refractivity contribution < 1.29 is 187 Å². The maximum atomic E-state index is 12.6. The second-order valence-electron chi connectivity index (χ2n) is 44.8. The summed E-state index contributed by atoms with van der Waals surface area (Å²) in [6, 6.07) is -1.92. The Morgan fingerprint density at radius 3 is 1.13 bits per heavy atom. The number of aliphatic carboxylic acids is 1. The van der Waals surface area contributed by atoms with Crippen molar-refractivity contribution in [3.8, 4) is 0 Å². The van der Waals surface area contributed by atoms with Gasteiger partial charge in [0.1, 0.15) is 80.2 Å². The fourth-order valence-corrected chi connectivity index (χ4v) is 15.4. The van der Waals surface area contributed by atoms with Gasteiger partial charge < -0.3 is 130 Å². The number of halogens is 2. The Morgan fingerprint density at radius 1 is 0.476 bits per heavy atom. The molecule has 834 valence electrons. The predicted molar refractivity (Wildman–Crippen MR) is 559 cm³/mol. The zero-order valence-corrected chi connectivity index (χ0v) is 101. The Labute approximate surface area is 927 Å². The van der Waals surface area contributed by atoms with Crippen molar-refractivity contribution in [2.75, 3.05) is 78.0 Å². The Kier molecular flexibility index (Phi) is 69.0. The fraction of sp³-hybridized carbons (Fsp3) is 0.790. The molecule has 7 fully saturated rings. The molecule has 5 unspecified atom stereocenters. The summed E-state index contributed by atoms with van der Waals surface area (Å²) in [5.74, 6) is -1.07. The first-order valence-corrected chi connectivity index (χ1v) is 50.7. The molecule has 0 aliphatic carbocycles. The van der Waals surface area contributed by atoms with Crippen molar-refractivity contribution in [3.63, 3.8) is 0 Å². The van der Waals surface area contributed by atoms with E-state index in [4.69, 9.17) is 86.0 Å². The van der Waals surface area contributed by atoms with Crippen LogP contribution in [0.4, 0.5) is 33.6 Å². The number of hydrogen-bond acceptors (Lipinski definition) is 28. The number of aliphatic hydroxyl groups is 3. The Morgan fingerprint density at radius 2 is 0.814 bits per heavy atom. The van der Waals surface area contributed by atoms with Crippen molar-refractivity contribution in [2.24, 2.45) is 0 Å². The molecular weight excluding hydrogens is 2030 g/mol. The number of carboxylic acid groups (broad SMARTS) is 1. The monoisotopic (exact) mass is 2220 g/mol. The minimum absolute atomic E-state index is 0. The summed E-state index contributed by atoms with van der Waals surface area (Å²) in [5, 5.41) is 43.3. The molecule has 0 bridgehead atoms. The third-order valence-corrected chi connectivity index (χ3v) is 21.7. The third-order valence-electron chi connectivity index (χ3n) is 21.2. The smallest absolute Gasteiger partial charge is 1.00 e. The van der Waals surface area contributed by atoms with Gasteiger partial charge in [0.2, 0.25) is 0 Å². The average Bonchev–Trinajstić information content (AvgIpc) is 1.64. The molecule has 8 heterocycles. The first kappa shape index (κ1) is 146. The number of amides is 7. The van der Waals surface area contributed by atoms with E-state index in [-0.39, 0.29) is 170 Å². The molecule has 12 atom stereocenters. The molecule has 6 N–H and O–H groups in total. The van der Waals surface area contributed by atoms with Gasteiger partial charge in [-0.25, -0.2) is 57.9 Å². The van der Waals surface area contributed by atoms with Crippen molar-refractivity contribution in [1.82, 2.24) is 35.1 Å². The molecule has 7 amide bonds. The van der Waals surface area contributed by atoms with Crippen molar-refractivity contribution >= 4 is 93.9 Å². The van der Waals surface area contributed by atoms with Gasteiger partial charge in [-0.15, -0.1) is 26.3 Å². The van der Waals surface area contributed by atoms with Crippen LogP contribution >= 0.6 is 15.9 Å². The second kappa shape index (κ2) is 68.6. The molecule has 8 rings (SSSR count). The van der Waals surface area contributed by atoms with Gasteiger partial charge in [-0.1, -0.05) is 52.4 Å². The zero-order valence-electron chi connectivity index (χ0n) is 95.3. The van der Waals surface area contributed by atoms with Crippen LogP contribution in [-0.2, 0) is 85.4 Å². The quantitative estimate of drug-likeness (QED) is 0.0117. The third kappa shape index (κ3) is 61.8. The summed E-state index contributed by atoms with van der Waals surface area (Å²) in [7, 11) is 0. The maximum absolute atomic E-state index is 12.6. The standard InChI is InChI=1S/C18H31NO4.C16H27NO4.C15H27NO4.C13H23NO5.C13H25NO4.C12H23NO4.C12H21NO4.C3H5Br.C3H5.BrH.Mg.Na.H/c1-8-10-15(21-11-9-2)12-14-13-22-18(6,7)19(14)16(20)23-17(3,4)5;1-15(2,3)21-14(18)17-12(11-20-16(17,4)5)10-13-8-6-7-9-19-13;1-7-8-12(17)9-11-10-19-15(5,6)16(11)13(18)20-14(2,3)4;1-13(2,3)19-12(17)14-10(11(15)16)8-9-6-4-5-7-18-9;1-13(2,3)18-12(16)14-10(9-15)8-11-6-4-5-7-17-11;2*1-11(2,3)17-10(15)13-9(6-7-14)8-16-12(13,4)5;1-2-3-4;1-3-2;;;;/h8-9,14-15H,1-2,10-13H2,3-7H3;6-7,12-13H,8-11H2,1-5H3;7,11-12,17H,1,8-10H2,2-6H3;9-10H,4-8H2,1-3H3,(H,14,17)(H,15,16);10-11,15H,4-9H2,1-3H3,(H,14,16);9,14H,6-8H2,1-5H3;7,9H,6,8H2,1-5H3;2H,1,3H2;3H,1-2H2;1H;;;/q;;;;;;;;-1;;+2;+1;-1/p-1/t14-,15?;12-,13?;11-,12?;9?,10-;10-,11?;2*9-;;;;;;/m0000000....../s1. The van der Waals surface area contributed by atoms with Gasteiger partial charge in [0.15, 0.2) is 0 Å². The minimum Gasteiger partial charge on any atom is -1.00 e. The maximum Gasteiger partial charge on any atom is 2.00 e. The van der Waals surface area contributed by atoms with E-state index in [1.54, 1.807) is 72.4 Å². The molecule has 145 heavy (non-hydrogen) atoms. The van der Waals surface area contributed by atoms with Crippen LogP contribution in [0.2, 0.25) is 0 Å². The minimum atomic E-state index is -1.07. The van der Waals surface area contributed by atoms with Gasteiger partial charge in [-0.2, -0.15) is 0 Å². The number of alkyl halides is 1. The van der Waals surface area contributed by atoms with Crippen LogP contribution in [0, 0.1) is 6.92 Å². The van der Waals surface area contributed by atoms with Crippen LogP contribution in [0.25, 0.3) is 0 Å². The summed E-state index contributed by atoms with van der Waals surface area (Å²) in [6.07, 6.45) is 21.7. The molecule has 36 nitrogen and oxygen atoms in total. The van der Waals surface area contributed by atoms with Gasteiger partial charge in [0.05, 0.1) is 120 Å². The number of carbonyl (C=O) groups excluding carboxylic acids is 8. The summed E-state index contributed by atoms with van der Waals surface area (Å²) >= 11 is 3.13. The molecule has 0 radical (unpaired) electrons. The number of nitrogens with zero attached hydrogens (tertiary/aromatic N) is 5. The number of allylic oxidation sites excluding steroid dienone is 2. The van der Waals surface area contributed by atoms with Crippen molar-refractivity contribution in [1.29, 1.82) is 0 Å². The Balaban J connectivity index is -0.000000522. The largest absolute Gasteiger partial charge is 2.00 e. The van der Waals surface area contributed by atoms with Crippen LogP contribution in [0.3, 0.4) is 0 Å². The van der Waals surface area contributed by atoms with E-state index < -0.39 is 116 Å². The second-order valence-corrected chi connectivity index (χ2v) is 45.4. The van der Waals surface area contributed by atoms with Crippen LogP contribution < -0.4 is 57.2 Å². The van der Waals surface area contributed by atoms with Crippen molar-refractivity contribution in [2.45, 2.75) is 458 Å². The molecule has 0 aromatic carbocycles. The molecule has 0 saturated carbocycles. The van der Waals surface area contributed by atoms with Crippen LogP contribution in [0.15, 0.2) is 75.4 Å². The summed E-state index contributed by atoms with van der Waals surface area (Å²) in [5.41, 5.74) is -7.31. The number of ether oxygens (including phenoxy) is 16. The molecule has 8 aliphatic heterocycles. The van der Waals surface area contributed by atoms with Gasteiger partial charge >= 0.3 is 101 Å². The van der Waals surface area contributed by atoms with E-state index in [2.05, 4.69) is 72.5 Å². The van der Waals surface area contributed by atoms with Gasteiger partial charge in [-0.3, -0.25) is 24.5 Å². The summed E-state index contributed by atoms with van der Waals surface area (Å²) < 4.78 is 88.3. The van der Waals surface area contributed by atoms with Crippen LogP contribution in [0.5, 0.6) is 0 Å².